The van der Waals surface area contributed by atoms with Crippen molar-refractivity contribution in [1.82, 2.24) is 0 Å². The molecule has 112 valence electrons. The van der Waals surface area contributed by atoms with E-state index in [0.717, 1.165) is 0 Å². The summed E-state index contributed by atoms with van der Waals surface area (Å²) in [5.41, 5.74) is 0. The number of aliphatic hydroxyl groups excluding tert-OH is 4. The molecule has 0 spiro atoms. The molecule has 4 N–H and O–H groups in total. The second-order valence-corrected chi connectivity index (χ2v) is 3.09. The van der Waals surface area contributed by atoms with Crippen LogP contribution in [0.5, 0.6) is 0 Å². The van der Waals surface area contributed by atoms with Crippen LogP contribution in [0.3, 0.4) is 0 Å². The number of aliphatic hydroxyl groups is 4. The van der Waals surface area contributed by atoms with Gasteiger partial charge in [0.05, 0.1) is 52.9 Å². The highest BCUT2D eigenvalue weighted by atomic mass is 16.5. The molecule has 0 aliphatic carbocycles. The Labute approximate surface area is 108 Å². The summed E-state index contributed by atoms with van der Waals surface area (Å²) in [5, 5.41) is 32.5. The Morgan fingerprint density at radius 3 is 1.00 bits per heavy atom. The van der Waals surface area contributed by atoms with E-state index in [0.29, 0.717) is 46.1 Å². The van der Waals surface area contributed by atoms with Crippen LogP contribution in [0, 0.1) is 0 Å². The Bertz CT molecular complexity index is 112. The van der Waals surface area contributed by atoms with Gasteiger partial charge in [-0.3, -0.25) is 0 Å². The van der Waals surface area contributed by atoms with Crippen LogP contribution in [0.2, 0.25) is 0 Å². The van der Waals surface area contributed by atoms with E-state index >= 15 is 0 Å². The van der Waals surface area contributed by atoms with Gasteiger partial charge >= 0.3 is 0 Å². The van der Waals surface area contributed by atoms with Gasteiger partial charge in [-0.25, -0.2) is 0 Å². The number of hydrogen-bond acceptors (Lipinski definition) is 7. The largest absolute Gasteiger partial charge is 0.396 e. The molecular weight excluding hydrogens is 244 g/mol. The van der Waals surface area contributed by atoms with Crippen molar-refractivity contribution in [3.8, 4) is 0 Å². The van der Waals surface area contributed by atoms with Crippen molar-refractivity contribution >= 4 is 0 Å². The fraction of sp³-hybridized carbons (Fsp3) is 1.00. The summed E-state index contributed by atoms with van der Waals surface area (Å²) < 4.78 is 15.0. The summed E-state index contributed by atoms with van der Waals surface area (Å²) in [6.45, 7) is 2.95. The first kappa shape index (κ1) is 20.0. The number of rotatable bonds is 12. The van der Waals surface area contributed by atoms with Crippen LogP contribution >= 0.6 is 0 Å². The summed E-state index contributed by atoms with van der Waals surface area (Å²) >= 11 is 0. The predicted octanol–water partition coefficient (Wildman–Crippen LogP) is -1.62. The smallest absolute Gasteiger partial charge is 0.0701 e. The lowest BCUT2D eigenvalue weighted by molar-refractivity contribution is 0.00230. The fourth-order valence-electron chi connectivity index (χ4n) is 0.742. The molecule has 0 aromatic heterocycles. The minimum Gasteiger partial charge on any atom is -0.396 e. The highest BCUT2D eigenvalue weighted by Crippen LogP contribution is 1.80. The van der Waals surface area contributed by atoms with E-state index < -0.39 is 0 Å². The normalized spacial score (nSPS) is 10.0. The third kappa shape index (κ3) is 24.8. The van der Waals surface area contributed by atoms with Gasteiger partial charge in [0, 0.05) is 13.2 Å². The summed E-state index contributed by atoms with van der Waals surface area (Å²) in [7, 11) is 0. The summed E-state index contributed by atoms with van der Waals surface area (Å²) in [6.07, 6.45) is 0.500. The Hall–Kier alpha value is -0.280. The van der Waals surface area contributed by atoms with E-state index in [-0.39, 0.29) is 26.4 Å². The van der Waals surface area contributed by atoms with Gasteiger partial charge in [-0.1, -0.05) is 0 Å². The van der Waals surface area contributed by atoms with Gasteiger partial charge in [0.1, 0.15) is 0 Å². The summed E-state index contributed by atoms with van der Waals surface area (Å²) in [5.74, 6) is 0. The molecule has 7 heteroatoms. The van der Waals surface area contributed by atoms with Gasteiger partial charge in [0.2, 0.25) is 0 Å². The minimum atomic E-state index is 0.0413. The average Bonchev–Trinajstić information content (AvgIpc) is 2.39. The van der Waals surface area contributed by atoms with Gasteiger partial charge in [-0.15, -0.1) is 0 Å². The van der Waals surface area contributed by atoms with E-state index in [2.05, 4.69) is 0 Å². The quantitative estimate of drug-likeness (QED) is 0.316. The molecule has 0 aromatic rings. The maximum absolute atomic E-state index is 8.36. The van der Waals surface area contributed by atoms with Crippen molar-refractivity contribution in [2.75, 3.05) is 66.1 Å². The highest BCUT2D eigenvalue weighted by Gasteiger charge is 1.89. The minimum absolute atomic E-state index is 0.0413. The lowest BCUT2D eigenvalue weighted by Gasteiger charge is -2.04. The standard InChI is InChI=1S/C8H18O5.C3H8O2/c9-1-3-11-5-7-13-8-6-12-4-2-10;4-2-1-3-5/h9-10H,1-8H2;4-5H,1-3H2. The first-order valence-corrected chi connectivity index (χ1v) is 6.00. The number of hydrogen-bond donors (Lipinski definition) is 4. The van der Waals surface area contributed by atoms with Crippen LogP contribution < -0.4 is 0 Å². The Morgan fingerprint density at radius 2 is 0.778 bits per heavy atom. The zero-order chi connectivity index (χ0) is 13.9. The molecule has 7 nitrogen and oxygen atoms in total. The zero-order valence-corrected chi connectivity index (χ0v) is 10.8. The Balaban J connectivity index is 0. The van der Waals surface area contributed by atoms with E-state index in [1.807, 2.05) is 0 Å². The van der Waals surface area contributed by atoms with Crippen molar-refractivity contribution < 1.29 is 34.6 Å². The third-order valence-corrected chi connectivity index (χ3v) is 1.53. The molecule has 18 heavy (non-hydrogen) atoms. The lowest BCUT2D eigenvalue weighted by Crippen LogP contribution is -2.11. The molecule has 0 atom stereocenters. The van der Waals surface area contributed by atoms with Gasteiger partial charge in [-0.05, 0) is 6.42 Å². The van der Waals surface area contributed by atoms with Crippen LogP contribution in [0.15, 0.2) is 0 Å². The summed E-state index contributed by atoms with van der Waals surface area (Å²) in [4.78, 5) is 0. The van der Waals surface area contributed by atoms with E-state index in [1.54, 1.807) is 0 Å². The van der Waals surface area contributed by atoms with E-state index in [4.69, 9.17) is 34.6 Å². The van der Waals surface area contributed by atoms with E-state index in [1.165, 1.54) is 0 Å². The van der Waals surface area contributed by atoms with Crippen molar-refractivity contribution in [1.29, 1.82) is 0 Å². The van der Waals surface area contributed by atoms with Crippen LogP contribution in [0.25, 0.3) is 0 Å². The fourth-order valence-corrected chi connectivity index (χ4v) is 0.742. The van der Waals surface area contributed by atoms with E-state index in [9.17, 15) is 0 Å². The molecule has 0 bridgehead atoms. The molecule has 0 aliphatic rings. The van der Waals surface area contributed by atoms with Crippen molar-refractivity contribution in [2.24, 2.45) is 0 Å². The molecule has 0 aromatic carbocycles. The molecule has 0 aliphatic heterocycles. The van der Waals surface area contributed by atoms with Crippen molar-refractivity contribution in [3.05, 3.63) is 0 Å². The van der Waals surface area contributed by atoms with Gasteiger partial charge in [-0.2, -0.15) is 0 Å². The second-order valence-electron chi connectivity index (χ2n) is 3.09. The molecule has 0 amide bonds. The highest BCUT2D eigenvalue weighted by molar-refractivity contribution is 4.33. The first-order chi connectivity index (χ1) is 8.83. The average molecular weight is 270 g/mol. The van der Waals surface area contributed by atoms with Gasteiger partial charge in [0.25, 0.3) is 0 Å². The zero-order valence-electron chi connectivity index (χ0n) is 10.8. The molecule has 0 heterocycles. The molecule has 0 unspecified atom stereocenters. The molecule has 0 saturated heterocycles. The van der Waals surface area contributed by atoms with Crippen LogP contribution in [0.1, 0.15) is 6.42 Å². The first-order valence-electron chi connectivity index (χ1n) is 6.00. The third-order valence-electron chi connectivity index (χ3n) is 1.53. The Kier molecular flexibility index (Phi) is 24.4. The van der Waals surface area contributed by atoms with Crippen LogP contribution in [0.4, 0.5) is 0 Å². The summed E-state index contributed by atoms with van der Waals surface area (Å²) in [6, 6.07) is 0. The van der Waals surface area contributed by atoms with Crippen LogP contribution in [-0.2, 0) is 14.2 Å². The molecule has 0 radical (unpaired) electrons. The predicted molar refractivity (Wildman–Crippen MR) is 65.4 cm³/mol. The lowest BCUT2D eigenvalue weighted by atomic mass is 10.5. The second kappa shape index (κ2) is 21.9. The Morgan fingerprint density at radius 1 is 0.444 bits per heavy atom. The van der Waals surface area contributed by atoms with Crippen LogP contribution in [-0.4, -0.2) is 86.5 Å². The van der Waals surface area contributed by atoms with Gasteiger partial charge in [0.15, 0.2) is 0 Å². The molecule has 0 fully saturated rings. The maximum Gasteiger partial charge on any atom is 0.0701 e. The SMILES string of the molecule is OCCCO.OCCOCCOCCOCCO. The van der Waals surface area contributed by atoms with Crippen molar-refractivity contribution in [2.45, 2.75) is 6.42 Å². The molecule has 0 rings (SSSR count). The topological polar surface area (TPSA) is 109 Å². The van der Waals surface area contributed by atoms with Gasteiger partial charge < -0.3 is 34.6 Å². The molecule has 0 saturated carbocycles. The maximum atomic E-state index is 8.36. The number of ether oxygens (including phenoxy) is 3. The molecular formula is C11H26O7. The van der Waals surface area contributed by atoms with Crippen molar-refractivity contribution in [3.63, 3.8) is 0 Å². The monoisotopic (exact) mass is 270 g/mol.